The fraction of sp³-hybridized carbons (Fsp3) is 0.0323. The molecular formula is C31H11F9. The molecule has 4 aromatic rings. The Balaban J connectivity index is 1.49. The molecule has 0 N–H and O–H groups in total. The molecule has 4 rings (SSSR count). The second kappa shape index (κ2) is 11.4. The summed E-state index contributed by atoms with van der Waals surface area (Å²) in [6, 6.07) is 12.1. The van der Waals surface area contributed by atoms with E-state index in [4.69, 9.17) is 0 Å². The van der Waals surface area contributed by atoms with Crippen molar-refractivity contribution in [1.82, 2.24) is 0 Å². The van der Waals surface area contributed by atoms with E-state index in [1.54, 1.807) is 12.1 Å². The van der Waals surface area contributed by atoms with Gasteiger partial charge in [-0.15, -0.1) is 0 Å². The van der Waals surface area contributed by atoms with E-state index in [9.17, 15) is 39.5 Å². The summed E-state index contributed by atoms with van der Waals surface area (Å²) in [4.78, 5) is 0. The first kappa shape index (κ1) is 28.0. The van der Waals surface area contributed by atoms with Crippen LogP contribution in [0.1, 0.15) is 38.9 Å². The molecule has 198 valence electrons. The lowest BCUT2D eigenvalue weighted by molar-refractivity contribution is 0.376. The van der Waals surface area contributed by atoms with Crippen LogP contribution in [0.25, 0.3) is 0 Å². The van der Waals surface area contributed by atoms with E-state index >= 15 is 0 Å². The number of rotatable bonds is 0. The van der Waals surface area contributed by atoms with Gasteiger partial charge in [-0.05, 0) is 55.5 Å². The smallest absolute Gasteiger partial charge is 0.200 e. The van der Waals surface area contributed by atoms with E-state index in [-0.39, 0.29) is 5.56 Å². The molecule has 0 aliphatic heterocycles. The zero-order chi connectivity index (χ0) is 29.1. The highest BCUT2D eigenvalue weighted by molar-refractivity contribution is 5.51. The van der Waals surface area contributed by atoms with Crippen LogP contribution in [0.3, 0.4) is 0 Å². The van der Waals surface area contributed by atoms with Crippen LogP contribution in [0, 0.1) is 94.8 Å². The Hall–Kier alpha value is -5.07. The highest BCUT2D eigenvalue weighted by atomic mass is 19.2. The summed E-state index contributed by atoms with van der Waals surface area (Å²) in [6.45, 7) is 1.08. The minimum Gasteiger partial charge on any atom is -0.203 e. The van der Waals surface area contributed by atoms with E-state index in [1.807, 2.05) is 5.92 Å². The van der Waals surface area contributed by atoms with E-state index in [1.165, 1.54) is 36.4 Å². The van der Waals surface area contributed by atoms with Crippen LogP contribution < -0.4 is 0 Å². The van der Waals surface area contributed by atoms with Crippen molar-refractivity contribution in [1.29, 1.82) is 0 Å². The molecule has 0 unspecified atom stereocenters. The molecule has 40 heavy (non-hydrogen) atoms. The van der Waals surface area contributed by atoms with Crippen LogP contribution in [0.2, 0.25) is 0 Å². The SMILES string of the molecule is Cc1c(F)c(F)c(F)c(F)c1C#Cc1ccc(C#Cc2ccc(C#Cc3c(F)c(F)c(F)c(F)c3F)cc2)cc1. The van der Waals surface area contributed by atoms with Gasteiger partial charge >= 0.3 is 0 Å². The zero-order valence-electron chi connectivity index (χ0n) is 20.0. The van der Waals surface area contributed by atoms with E-state index in [0.717, 1.165) is 6.92 Å². The van der Waals surface area contributed by atoms with Crippen LogP contribution in [0.5, 0.6) is 0 Å². The molecule has 0 aliphatic rings. The summed E-state index contributed by atoms with van der Waals surface area (Å²) in [6.07, 6.45) is 0. The van der Waals surface area contributed by atoms with Crippen molar-refractivity contribution in [3.63, 3.8) is 0 Å². The molecule has 0 spiro atoms. The van der Waals surface area contributed by atoms with Crippen molar-refractivity contribution in [2.45, 2.75) is 6.92 Å². The van der Waals surface area contributed by atoms with Gasteiger partial charge in [0.25, 0.3) is 0 Å². The Kier molecular flexibility index (Phi) is 7.93. The second-order valence-electron chi connectivity index (χ2n) is 8.11. The number of benzene rings is 4. The van der Waals surface area contributed by atoms with Crippen LogP contribution in [-0.2, 0) is 0 Å². The van der Waals surface area contributed by atoms with Crippen molar-refractivity contribution in [2.75, 3.05) is 0 Å². The van der Waals surface area contributed by atoms with Crippen molar-refractivity contribution >= 4 is 0 Å². The Bertz CT molecular complexity index is 1640. The van der Waals surface area contributed by atoms with Gasteiger partial charge in [-0.25, -0.2) is 39.5 Å². The van der Waals surface area contributed by atoms with Gasteiger partial charge < -0.3 is 0 Å². The quantitative estimate of drug-likeness (QED) is 0.0918. The molecule has 0 saturated heterocycles. The average Bonchev–Trinajstić information content (AvgIpc) is 2.97. The van der Waals surface area contributed by atoms with Crippen molar-refractivity contribution < 1.29 is 39.5 Å². The van der Waals surface area contributed by atoms with Gasteiger partial charge in [0.05, 0.1) is 5.56 Å². The second-order valence-corrected chi connectivity index (χ2v) is 8.11. The summed E-state index contributed by atoms with van der Waals surface area (Å²) < 4.78 is 122. The molecule has 0 aliphatic carbocycles. The minimum atomic E-state index is -2.27. The van der Waals surface area contributed by atoms with Gasteiger partial charge in [-0.1, -0.05) is 35.5 Å². The third-order valence-corrected chi connectivity index (χ3v) is 5.50. The summed E-state index contributed by atoms with van der Waals surface area (Å²) >= 11 is 0. The fourth-order valence-electron chi connectivity index (χ4n) is 3.29. The molecule has 0 fully saturated rings. The topological polar surface area (TPSA) is 0 Å². The highest BCUT2D eigenvalue weighted by Gasteiger charge is 2.25. The van der Waals surface area contributed by atoms with Crippen LogP contribution >= 0.6 is 0 Å². The molecule has 0 nitrogen and oxygen atoms in total. The lowest BCUT2D eigenvalue weighted by Gasteiger charge is -2.05. The molecule has 0 amide bonds. The molecule has 0 heterocycles. The largest absolute Gasteiger partial charge is 0.203 e. The van der Waals surface area contributed by atoms with Crippen molar-refractivity contribution in [2.24, 2.45) is 0 Å². The summed E-state index contributed by atoms with van der Waals surface area (Å²) in [5, 5.41) is 0. The minimum absolute atomic E-state index is 0.227. The first-order chi connectivity index (χ1) is 19.0. The number of halogens is 9. The van der Waals surface area contributed by atoms with E-state index in [2.05, 4.69) is 29.6 Å². The molecule has 0 bridgehead atoms. The van der Waals surface area contributed by atoms with Gasteiger partial charge in [-0.2, -0.15) is 0 Å². The third kappa shape index (κ3) is 5.53. The normalized spacial score (nSPS) is 10.2. The average molecular weight is 554 g/mol. The molecule has 4 aromatic carbocycles. The predicted molar refractivity (Wildman–Crippen MR) is 128 cm³/mol. The number of hydrogen-bond acceptors (Lipinski definition) is 0. The maximum absolute atomic E-state index is 14.0. The molecule has 0 aromatic heterocycles. The van der Waals surface area contributed by atoms with Crippen LogP contribution in [-0.4, -0.2) is 0 Å². The first-order valence-corrected chi connectivity index (χ1v) is 11.1. The van der Waals surface area contributed by atoms with E-state index < -0.39 is 69.0 Å². The van der Waals surface area contributed by atoms with Crippen molar-refractivity contribution in [3.8, 4) is 35.5 Å². The Morgan fingerprint density at radius 3 is 0.950 bits per heavy atom. The van der Waals surface area contributed by atoms with E-state index in [0.29, 0.717) is 16.7 Å². The summed E-state index contributed by atoms with van der Waals surface area (Å²) in [5.41, 5.74) is -0.651. The van der Waals surface area contributed by atoms with Gasteiger partial charge in [-0.3, -0.25) is 0 Å². The van der Waals surface area contributed by atoms with Crippen LogP contribution in [0.15, 0.2) is 48.5 Å². The summed E-state index contributed by atoms with van der Waals surface area (Å²) in [7, 11) is 0. The first-order valence-electron chi connectivity index (χ1n) is 11.1. The Morgan fingerprint density at radius 1 is 0.325 bits per heavy atom. The molecule has 0 atom stereocenters. The Labute approximate surface area is 222 Å². The molecule has 0 radical (unpaired) electrons. The third-order valence-electron chi connectivity index (χ3n) is 5.50. The fourth-order valence-corrected chi connectivity index (χ4v) is 3.29. The molecule has 9 heteroatoms. The van der Waals surface area contributed by atoms with Gasteiger partial charge in [0.1, 0.15) is 5.56 Å². The van der Waals surface area contributed by atoms with Crippen molar-refractivity contribution in [3.05, 3.63) is 140 Å². The standard InChI is InChI=1S/C31H11F9/c1-16-21(24(33)28(37)27(36)23(16)32)14-12-19-8-4-17(5-9-19)2-3-18-6-10-20(11-7-18)13-15-22-25(34)29(38)31(40)30(39)26(22)35/h4-11H,1H3. The molecular weight excluding hydrogens is 543 g/mol. The van der Waals surface area contributed by atoms with Gasteiger partial charge in [0.15, 0.2) is 46.5 Å². The lowest BCUT2D eigenvalue weighted by atomic mass is 10.1. The maximum atomic E-state index is 14.0. The maximum Gasteiger partial charge on any atom is 0.200 e. The highest BCUT2D eigenvalue weighted by Crippen LogP contribution is 2.24. The predicted octanol–water partition coefficient (Wildman–Crippen LogP) is 7.45. The lowest BCUT2D eigenvalue weighted by Crippen LogP contribution is -2.04. The van der Waals surface area contributed by atoms with Gasteiger partial charge in [0.2, 0.25) is 5.82 Å². The Morgan fingerprint density at radius 2 is 0.575 bits per heavy atom. The number of hydrogen-bond donors (Lipinski definition) is 0. The van der Waals surface area contributed by atoms with Crippen LogP contribution in [0.4, 0.5) is 39.5 Å². The van der Waals surface area contributed by atoms with Gasteiger partial charge in [0, 0.05) is 27.8 Å². The zero-order valence-corrected chi connectivity index (χ0v) is 20.0. The summed E-state index contributed by atoms with van der Waals surface area (Å²) in [5.74, 6) is -2.59. The molecule has 0 saturated carbocycles. The monoisotopic (exact) mass is 554 g/mol.